The minimum atomic E-state index is -3.68. The van der Waals surface area contributed by atoms with Gasteiger partial charge in [0.25, 0.3) is 0 Å². The maximum absolute atomic E-state index is 12.4. The van der Waals surface area contributed by atoms with Crippen LogP contribution in [0.4, 0.5) is 5.69 Å². The zero-order valence-corrected chi connectivity index (χ0v) is 13.1. The lowest BCUT2D eigenvalue weighted by Gasteiger charge is -2.19. The normalized spacial score (nSPS) is 20.8. The summed E-state index contributed by atoms with van der Waals surface area (Å²) in [6.45, 7) is 5.12. The first kappa shape index (κ1) is 15.9. The van der Waals surface area contributed by atoms with Crippen molar-refractivity contribution in [3.63, 3.8) is 0 Å². The van der Waals surface area contributed by atoms with Crippen molar-refractivity contribution in [2.45, 2.75) is 37.6 Å². The Balaban J connectivity index is 2.28. The number of aliphatic hydroxyl groups is 1. The molecule has 0 saturated heterocycles. The molecule has 1 aromatic rings. The Labute approximate surface area is 124 Å². The fraction of sp³-hybridized carbons (Fsp3) is 0.500. The molecule has 21 heavy (non-hydrogen) atoms. The van der Waals surface area contributed by atoms with Gasteiger partial charge in [0, 0.05) is 18.3 Å². The van der Waals surface area contributed by atoms with Crippen LogP contribution < -0.4 is 10.0 Å². The van der Waals surface area contributed by atoms with Gasteiger partial charge in [-0.05, 0) is 43.5 Å². The summed E-state index contributed by atoms with van der Waals surface area (Å²) in [6.07, 6.45) is 0. The number of hydrogen-bond acceptors (Lipinski definition) is 4. The first-order valence-electron chi connectivity index (χ1n) is 6.84. The molecule has 6 nitrogen and oxygen atoms in total. The number of sulfonamides is 1. The molecular weight excluding hydrogens is 292 g/mol. The first-order valence-corrected chi connectivity index (χ1v) is 8.32. The zero-order chi connectivity index (χ0) is 15.8. The Bertz CT molecular complexity index is 657. The Morgan fingerprint density at radius 1 is 1.38 bits per heavy atom. The average Bonchev–Trinajstić information content (AvgIpc) is 2.72. The van der Waals surface area contributed by atoms with Crippen molar-refractivity contribution < 1.29 is 18.3 Å². The number of carbonyl (C=O) groups excluding carboxylic acids is 1. The minimum Gasteiger partial charge on any atom is -0.396 e. The smallest absolute Gasteiger partial charge is 0.240 e. The van der Waals surface area contributed by atoms with Gasteiger partial charge in [0.05, 0.1) is 10.8 Å². The Morgan fingerprint density at radius 3 is 2.67 bits per heavy atom. The maximum Gasteiger partial charge on any atom is 0.240 e. The summed E-state index contributed by atoms with van der Waals surface area (Å²) in [4.78, 5) is 11.7. The van der Waals surface area contributed by atoms with Crippen LogP contribution in [0.25, 0.3) is 0 Å². The summed E-state index contributed by atoms with van der Waals surface area (Å²) in [5.41, 5.74) is 1.34. The van der Waals surface area contributed by atoms with Gasteiger partial charge in [-0.3, -0.25) is 4.79 Å². The molecular formula is C14H20N2O4S. The molecule has 0 aromatic heterocycles. The van der Waals surface area contributed by atoms with E-state index in [-0.39, 0.29) is 35.3 Å². The van der Waals surface area contributed by atoms with Crippen LogP contribution >= 0.6 is 0 Å². The molecule has 1 amide bonds. The number of benzene rings is 1. The second-order valence-corrected chi connectivity index (χ2v) is 7.24. The van der Waals surface area contributed by atoms with E-state index in [1.54, 1.807) is 26.8 Å². The van der Waals surface area contributed by atoms with Gasteiger partial charge >= 0.3 is 0 Å². The van der Waals surface area contributed by atoms with Gasteiger partial charge in [0.1, 0.15) is 0 Å². The second kappa shape index (κ2) is 5.75. The predicted molar refractivity (Wildman–Crippen MR) is 79.5 cm³/mol. The molecule has 0 spiro atoms. The number of anilines is 1. The van der Waals surface area contributed by atoms with Crippen molar-refractivity contribution in [2.24, 2.45) is 5.92 Å². The number of aliphatic hydroxyl groups excluding tert-OH is 1. The van der Waals surface area contributed by atoms with Gasteiger partial charge in [-0.1, -0.05) is 6.92 Å². The number of amides is 1. The fourth-order valence-corrected chi connectivity index (χ4v) is 3.54. The molecule has 1 aliphatic rings. The quantitative estimate of drug-likeness (QED) is 0.757. The molecule has 3 unspecified atom stereocenters. The standard InChI is InChI=1S/C14H20N2O4S/c1-8(7-17)10(3)16-21(19,20)11-4-5-13-12(6-11)9(2)14(18)15-13/h4-6,8-10,16-17H,7H2,1-3H3,(H,15,18). The van der Waals surface area contributed by atoms with Crippen LogP contribution in [-0.4, -0.2) is 32.1 Å². The van der Waals surface area contributed by atoms with E-state index < -0.39 is 10.0 Å². The molecule has 0 saturated carbocycles. The lowest BCUT2D eigenvalue weighted by atomic mass is 10.0. The van der Waals surface area contributed by atoms with Gasteiger partial charge in [-0.15, -0.1) is 0 Å². The molecule has 3 atom stereocenters. The average molecular weight is 312 g/mol. The molecule has 0 aliphatic carbocycles. The van der Waals surface area contributed by atoms with Crippen molar-refractivity contribution in [3.05, 3.63) is 23.8 Å². The van der Waals surface area contributed by atoms with Gasteiger partial charge in [-0.2, -0.15) is 0 Å². The summed E-state index contributed by atoms with van der Waals surface area (Å²) < 4.78 is 27.3. The van der Waals surface area contributed by atoms with Crippen LogP contribution in [0.5, 0.6) is 0 Å². The van der Waals surface area contributed by atoms with Crippen molar-refractivity contribution in [1.29, 1.82) is 0 Å². The summed E-state index contributed by atoms with van der Waals surface area (Å²) in [7, 11) is -3.68. The number of carbonyl (C=O) groups is 1. The Hall–Kier alpha value is -1.44. The molecule has 1 aliphatic heterocycles. The van der Waals surface area contributed by atoms with E-state index in [2.05, 4.69) is 10.0 Å². The Morgan fingerprint density at radius 2 is 2.05 bits per heavy atom. The van der Waals surface area contributed by atoms with E-state index in [9.17, 15) is 13.2 Å². The van der Waals surface area contributed by atoms with Crippen molar-refractivity contribution in [1.82, 2.24) is 4.72 Å². The van der Waals surface area contributed by atoms with E-state index >= 15 is 0 Å². The van der Waals surface area contributed by atoms with Crippen LogP contribution in [0.3, 0.4) is 0 Å². The highest BCUT2D eigenvalue weighted by molar-refractivity contribution is 7.89. The first-order chi connectivity index (χ1) is 9.76. The molecule has 3 N–H and O–H groups in total. The van der Waals surface area contributed by atoms with Crippen LogP contribution in [0, 0.1) is 5.92 Å². The molecule has 1 heterocycles. The molecule has 1 aromatic carbocycles. The highest BCUT2D eigenvalue weighted by Gasteiger charge is 2.29. The minimum absolute atomic E-state index is 0.0939. The maximum atomic E-state index is 12.4. The number of fused-ring (bicyclic) bond motifs is 1. The third-order valence-electron chi connectivity index (χ3n) is 3.93. The fourth-order valence-electron chi connectivity index (χ4n) is 2.15. The van der Waals surface area contributed by atoms with Crippen molar-refractivity contribution >= 4 is 21.6 Å². The third kappa shape index (κ3) is 3.09. The van der Waals surface area contributed by atoms with E-state index in [4.69, 9.17) is 5.11 Å². The summed E-state index contributed by atoms with van der Waals surface area (Å²) in [5, 5.41) is 11.8. The zero-order valence-electron chi connectivity index (χ0n) is 12.3. The highest BCUT2D eigenvalue weighted by Crippen LogP contribution is 2.33. The SMILES string of the molecule is CC1C(=O)Nc2ccc(S(=O)(=O)NC(C)C(C)CO)cc21. The summed E-state index contributed by atoms with van der Waals surface area (Å²) >= 11 is 0. The summed E-state index contributed by atoms with van der Waals surface area (Å²) in [5.74, 6) is -0.671. The van der Waals surface area contributed by atoms with Gasteiger partial charge in [0.2, 0.25) is 15.9 Å². The van der Waals surface area contributed by atoms with Crippen molar-refractivity contribution in [3.8, 4) is 0 Å². The lowest BCUT2D eigenvalue weighted by molar-refractivity contribution is -0.116. The van der Waals surface area contributed by atoms with E-state index in [0.717, 1.165) is 0 Å². The molecule has 0 fully saturated rings. The van der Waals surface area contributed by atoms with Crippen LogP contribution in [0.1, 0.15) is 32.3 Å². The number of rotatable bonds is 5. The topological polar surface area (TPSA) is 95.5 Å². The van der Waals surface area contributed by atoms with E-state index in [0.29, 0.717) is 11.3 Å². The predicted octanol–water partition coefficient (Wildman–Crippen LogP) is 1.04. The van der Waals surface area contributed by atoms with Crippen LogP contribution in [-0.2, 0) is 14.8 Å². The number of nitrogens with one attached hydrogen (secondary N) is 2. The van der Waals surface area contributed by atoms with Gasteiger partial charge in [-0.25, -0.2) is 13.1 Å². The van der Waals surface area contributed by atoms with Gasteiger partial charge in [0.15, 0.2) is 0 Å². The highest BCUT2D eigenvalue weighted by atomic mass is 32.2. The second-order valence-electron chi connectivity index (χ2n) is 5.53. The number of hydrogen-bond donors (Lipinski definition) is 3. The molecule has 0 radical (unpaired) electrons. The third-order valence-corrected chi connectivity index (χ3v) is 5.49. The summed E-state index contributed by atoms with van der Waals surface area (Å²) in [6, 6.07) is 4.21. The molecule has 116 valence electrons. The van der Waals surface area contributed by atoms with E-state index in [1.165, 1.54) is 12.1 Å². The largest absolute Gasteiger partial charge is 0.396 e. The molecule has 7 heteroatoms. The van der Waals surface area contributed by atoms with E-state index in [1.807, 2.05) is 0 Å². The lowest BCUT2D eigenvalue weighted by Crippen LogP contribution is -2.38. The van der Waals surface area contributed by atoms with Gasteiger partial charge < -0.3 is 10.4 Å². The van der Waals surface area contributed by atoms with Crippen molar-refractivity contribution in [2.75, 3.05) is 11.9 Å². The van der Waals surface area contributed by atoms with Crippen LogP contribution in [0.2, 0.25) is 0 Å². The Kier molecular flexibility index (Phi) is 4.36. The molecule has 2 rings (SSSR count). The molecule has 0 bridgehead atoms. The monoisotopic (exact) mass is 312 g/mol. The van der Waals surface area contributed by atoms with Crippen LogP contribution in [0.15, 0.2) is 23.1 Å².